The number of rotatable bonds is 4. The molecule has 0 radical (unpaired) electrons. The van der Waals surface area contributed by atoms with Crippen molar-refractivity contribution in [3.8, 4) is 0 Å². The molecule has 0 aromatic carbocycles. The Labute approximate surface area is 108 Å². The second kappa shape index (κ2) is 6.11. The van der Waals surface area contributed by atoms with Crippen molar-refractivity contribution >= 4 is 5.82 Å². The molecule has 100 valence electrons. The lowest BCUT2D eigenvalue weighted by atomic mass is 9.86. The Morgan fingerprint density at radius 2 is 2.11 bits per heavy atom. The van der Waals surface area contributed by atoms with Crippen molar-refractivity contribution in [2.75, 3.05) is 19.4 Å². The van der Waals surface area contributed by atoms with E-state index in [2.05, 4.69) is 21.9 Å². The molecule has 0 amide bonds. The second-order valence-electron chi connectivity index (χ2n) is 5.17. The van der Waals surface area contributed by atoms with Crippen LogP contribution in [0.1, 0.15) is 31.5 Å². The highest BCUT2D eigenvalue weighted by Gasteiger charge is 2.23. The van der Waals surface area contributed by atoms with Crippen molar-refractivity contribution in [1.29, 1.82) is 0 Å². The lowest BCUT2D eigenvalue weighted by Gasteiger charge is -2.33. The molecule has 0 saturated heterocycles. The molecule has 1 saturated carbocycles. The largest absolute Gasteiger partial charge is 0.396 e. The number of nitrogens with two attached hydrogens (primary N) is 1. The zero-order valence-corrected chi connectivity index (χ0v) is 10.9. The third kappa shape index (κ3) is 3.40. The molecular formula is C13H22N4O. The highest BCUT2D eigenvalue weighted by molar-refractivity contribution is 5.24. The minimum absolute atomic E-state index is 0.328. The molecule has 18 heavy (non-hydrogen) atoms. The summed E-state index contributed by atoms with van der Waals surface area (Å²) in [6.07, 6.45) is 6.22. The molecule has 0 spiro atoms. The van der Waals surface area contributed by atoms with E-state index in [1.165, 1.54) is 0 Å². The predicted octanol–water partition coefficient (Wildman–Crippen LogP) is 1.04. The predicted molar refractivity (Wildman–Crippen MR) is 70.7 cm³/mol. The highest BCUT2D eigenvalue weighted by atomic mass is 16.3. The summed E-state index contributed by atoms with van der Waals surface area (Å²) < 4.78 is 0. The van der Waals surface area contributed by atoms with Crippen LogP contribution < -0.4 is 5.73 Å². The van der Waals surface area contributed by atoms with Gasteiger partial charge in [-0.05, 0) is 44.7 Å². The number of hydrogen-bond acceptors (Lipinski definition) is 5. The Morgan fingerprint density at radius 1 is 1.39 bits per heavy atom. The van der Waals surface area contributed by atoms with E-state index in [0.29, 0.717) is 24.4 Å². The van der Waals surface area contributed by atoms with Gasteiger partial charge in [0.2, 0.25) is 0 Å². The second-order valence-corrected chi connectivity index (χ2v) is 5.17. The molecule has 5 nitrogen and oxygen atoms in total. The van der Waals surface area contributed by atoms with Gasteiger partial charge in [-0.3, -0.25) is 4.90 Å². The van der Waals surface area contributed by atoms with Crippen molar-refractivity contribution in [3.63, 3.8) is 0 Å². The maximum atomic E-state index is 9.13. The minimum atomic E-state index is 0.328. The van der Waals surface area contributed by atoms with Crippen molar-refractivity contribution < 1.29 is 5.11 Å². The fraction of sp³-hybridized carbons (Fsp3) is 0.692. The van der Waals surface area contributed by atoms with Crippen LogP contribution in [-0.2, 0) is 6.54 Å². The zero-order chi connectivity index (χ0) is 13.0. The molecule has 1 aromatic rings. The van der Waals surface area contributed by atoms with Gasteiger partial charge in [-0.25, -0.2) is 9.97 Å². The van der Waals surface area contributed by atoms with Gasteiger partial charge < -0.3 is 10.8 Å². The first-order valence-electron chi connectivity index (χ1n) is 6.57. The van der Waals surface area contributed by atoms with E-state index in [1.54, 1.807) is 12.3 Å². The molecule has 1 aromatic heterocycles. The molecule has 1 fully saturated rings. The number of anilines is 1. The van der Waals surface area contributed by atoms with Crippen LogP contribution in [0.4, 0.5) is 5.82 Å². The molecule has 0 unspecified atom stereocenters. The lowest BCUT2D eigenvalue weighted by molar-refractivity contribution is 0.122. The molecule has 3 N–H and O–H groups in total. The molecule has 0 bridgehead atoms. The summed E-state index contributed by atoms with van der Waals surface area (Å²) in [4.78, 5) is 10.8. The number of nitrogens with zero attached hydrogens (tertiary/aromatic N) is 3. The van der Waals surface area contributed by atoms with Gasteiger partial charge in [0.05, 0.1) is 6.54 Å². The lowest BCUT2D eigenvalue weighted by Crippen LogP contribution is -2.35. The van der Waals surface area contributed by atoms with Crippen molar-refractivity contribution in [3.05, 3.63) is 18.1 Å². The fourth-order valence-electron chi connectivity index (χ4n) is 2.61. The summed E-state index contributed by atoms with van der Waals surface area (Å²) in [5, 5.41) is 9.13. The summed E-state index contributed by atoms with van der Waals surface area (Å²) in [5.74, 6) is 1.80. The van der Waals surface area contributed by atoms with E-state index < -0.39 is 0 Å². The van der Waals surface area contributed by atoms with Gasteiger partial charge in [0.15, 0.2) is 0 Å². The van der Waals surface area contributed by atoms with Gasteiger partial charge in [0.1, 0.15) is 11.6 Å². The first-order chi connectivity index (χ1) is 8.69. The summed E-state index contributed by atoms with van der Waals surface area (Å²) in [5.41, 5.74) is 5.65. The Balaban J connectivity index is 1.87. The molecule has 0 atom stereocenters. The van der Waals surface area contributed by atoms with E-state index in [4.69, 9.17) is 10.8 Å². The maximum absolute atomic E-state index is 9.13. The normalized spacial score (nSPS) is 24.4. The first-order valence-corrected chi connectivity index (χ1v) is 6.57. The Bertz CT molecular complexity index is 377. The van der Waals surface area contributed by atoms with Crippen LogP contribution in [0.5, 0.6) is 0 Å². The van der Waals surface area contributed by atoms with E-state index in [-0.39, 0.29) is 0 Å². The van der Waals surface area contributed by atoms with E-state index in [0.717, 1.165) is 38.1 Å². The van der Waals surface area contributed by atoms with Gasteiger partial charge in [-0.2, -0.15) is 0 Å². The van der Waals surface area contributed by atoms with Crippen molar-refractivity contribution in [1.82, 2.24) is 14.9 Å². The maximum Gasteiger partial charge on any atom is 0.144 e. The average molecular weight is 250 g/mol. The molecule has 0 aliphatic heterocycles. The van der Waals surface area contributed by atoms with Crippen LogP contribution in [0.3, 0.4) is 0 Å². The van der Waals surface area contributed by atoms with Crippen LogP contribution >= 0.6 is 0 Å². The van der Waals surface area contributed by atoms with Crippen LogP contribution in [0, 0.1) is 5.92 Å². The first kappa shape index (κ1) is 13.2. The Morgan fingerprint density at radius 3 is 2.72 bits per heavy atom. The molecule has 1 aliphatic rings. The minimum Gasteiger partial charge on any atom is -0.396 e. The van der Waals surface area contributed by atoms with Crippen molar-refractivity contribution in [2.45, 2.75) is 38.3 Å². The zero-order valence-electron chi connectivity index (χ0n) is 10.9. The van der Waals surface area contributed by atoms with E-state index >= 15 is 0 Å². The van der Waals surface area contributed by atoms with Gasteiger partial charge in [-0.1, -0.05) is 0 Å². The van der Waals surface area contributed by atoms with Crippen molar-refractivity contribution in [2.24, 2.45) is 5.92 Å². The number of aromatic nitrogens is 2. The number of nitrogen functional groups attached to an aromatic ring is 1. The average Bonchev–Trinajstić information content (AvgIpc) is 2.39. The summed E-state index contributed by atoms with van der Waals surface area (Å²) in [7, 11) is 2.11. The number of aliphatic hydroxyl groups excluding tert-OH is 1. The Hall–Kier alpha value is -1.20. The number of hydrogen-bond donors (Lipinski definition) is 2. The SMILES string of the molecule is CN(Cc1nccc(N)n1)C1CCC(CO)CC1. The third-order valence-electron chi connectivity index (χ3n) is 3.82. The molecular weight excluding hydrogens is 228 g/mol. The van der Waals surface area contributed by atoms with Gasteiger partial charge >= 0.3 is 0 Å². The standard InChI is InChI=1S/C13H22N4O/c1-17(8-13-15-7-6-12(14)16-13)11-4-2-10(9-18)3-5-11/h6-7,10-11,18H,2-5,8-9H2,1H3,(H2,14,15,16). The number of aliphatic hydroxyl groups is 1. The Kier molecular flexibility index (Phi) is 4.49. The van der Waals surface area contributed by atoms with Gasteiger partial charge in [0.25, 0.3) is 0 Å². The van der Waals surface area contributed by atoms with Crippen LogP contribution in [0.25, 0.3) is 0 Å². The summed E-state index contributed by atoms with van der Waals surface area (Å²) in [6.45, 7) is 1.06. The van der Waals surface area contributed by atoms with Gasteiger partial charge in [-0.15, -0.1) is 0 Å². The summed E-state index contributed by atoms with van der Waals surface area (Å²) >= 11 is 0. The van der Waals surface area contributed by atoms with E-state index in [1.807, 2.05) is 0 Å². The quantitative estimate of drug-likeness (QED) is 0.835. The molecule has 1 heterocycles. The van der Waals surface area contributed by atoms with Crippen LogP contribution in [-0.4, -0.2) is 39.7 Å². The topological polar surface area (TPSA) is 75.3 Å². The molecule has 5 heteroatoms. The molecule has 1 aliphatic carbocycles. The van der Waals surface area contributed by atoms with E-state index in [9.17, 15) is 0 Å². The van der Waals surface area contributed by atoms with Crippen LogP contribution in [0.15, 0.2) is 12.3 Å². The molecule has 2 rings (SSSR count). The smallest absolute Gasteiger partial charge is 0.144 e. The summed E-state index contributed by atoms with van der Waals surface area (Å²) in [6, 6.07) is 2.27. The third-order valence-corrected chi connectivity index (χ3v) is 3.82. The monoisotopic (exact) mass is 250 g/mol. The van der Waals surface area contributed by atoms with Crippen LogP contribution in [0.2, 0.25) is 0 Å². The van der Waals surface area contributed by atoms with Gasteiger partial charge in [0, 0.05) is 18.8 Å². The highest BCUT2D eigenvalue weighted by Crippen LogP contribution is 2.27. The fourth-order valence-corrected chi connectivity index (χ4v) is 2.61.